The lowest BCUT2D eigenvalue weighted by atomic mass is 9.93. The van der Waals surface area contributed by atoms with E-state index in [2.05, 4.69) is 18.8 Å². The van der Waals surface area contributed by atoms with Crippen LogP contribution in [0.2, 0.25) is 0 Å². The maximum atomic E-state index is 10.7. The molecule has 2 rings (SSSR count). The van der Waals surface area contributed by atoms with E-state index in [0.717, 1.165) is 30.6 Å². The first-order valence-corrected chi connectivity index (χ1v) is 7.04. The second kappa shape index (κ2) is 5.47. The third kappa shape index (κ3) is 2.67. The Balaban J connectivity index is 2.38. The number of benzene rings is 1. The zero-order chi connectivity index (χ0) is 14.8. The van der Waals surface area contributed by atoms with Crippen LogP contribution in [0.3, 0.4) is 0 Å². The molecule has 20 heavy (non-hydrogen) atoms. The van der Waals surface area contributed by atoms with Crippen molar-refractivity contribution < 1.29 is 14.6 Å². The topological polar surface area (TPSA) is 38.7 Å². The molecule has 0 radical (unpaired) electrons. The average Bonchev–Trinajstić information content (AvgIpc) is 2.62. The Bertz CT molecular complexity index is 551. The molecule has 108 valence electrons. The van der Waals surface area contributed by atoms with Crippen LogP contribution in [0, 0.1) is 11.8 Å². The Labute approximate surface area is 120 Å². The molecule has 0 saturated carbocycles. The van der Waals surface area contributed by atoms with E-state index in [1.807, 2.05) is 32.0 Å². The van der Waals surface area contributed by atoms with Crippen LogP contribution in [-0.4, -0.2) is 12.2 Å². The highest BCUT2D eigenvalue weighted by atomic mass is 16.6. The number of aliphatic hydroxyl groups is 1. The zero-order valence-electron chi connectivity index (χ0n) is 12.6. The van der Waals surface area contributed by atoms with Crippen LogP contribution < -0.4 is 4.74 Å². The van der Waals surface area contributed by atoms with Crippen molar-refractivity contribution >= 4 is 0 Å². The van der Waals surface area contributed by atoms with E-state index in [0.29, 0.717) is 5.56 Å². The summed E-state index contributed by atoms with van der Waals surface area (Å²) < 4.78 is 11.1. The van der Waals surface area contributed by atoms with Crippen molar-refractivity contribution in [2.45, 2.75) is 51.4 Å². The molecular weight excluding hydrogens is 252 g/mol. The van der Waals surface area contributed by atoms with E-state index in [9.17, 15) is 5.11 Å². The molecular formula is C17H22O3. The second-order valence-electron chi connectivity index (χ2n) is 5.57. The molecule has 3 nitrogen and oxygen atoms in total. The Morgan fingerprint density at radius 2 is 2.05 bits per heavy atom. The van der Waals surface area contributed by atoms with E-state index < -0.39 is 11.4 Å². The number of hydrogen-bond donors (Lipinski definition) is 1. The summed E-state index contributed by atoms with van der Waals surface area (Å²) in [5.74, 6) is 5.14. The first kappa shape index (κ1) is 14.9. The normalized spacial score (nSPS) is 22.9. The van der Waals surface area contributed by atoms with Crippen molar-refractivity contribution in [2.24, 2.45) is 0 Å². The summed E-state index contributed by atoms with van der Waals surface area (Å²) in [6.07, 6.45) is 2.89. The quantitative estimate of drug-likeness (QED) is 0.679. The van der Waals surface area contributed by atoms with Crippen LogP contribution in [0.15, 0.2) is 18.2 Å². The first-order chi connectivity index (χ1) is 9.43. The largest absolute Gasteiger partial charge is 0.497 e. The molecule has 1 aromatic rings. The van der Waals surface area contributed by atoms with Gasteiger partial charge in [-0.2, -0.15) is 0 Å². The third-order valence-corrected chi connectivity index (χ3v) is 3.56. The van der Waals surface area contributed by atoms with Gasteiger partial charge >= 0.3 is 0 Å². The Kier molecular flexibility index (Phi) is 4.08. The summed E-state index contributed by atoms with van der Waals surface area (Å²) >= 11 is 0. The molecule has 1 N–H and O–H groups in total. The van der Waals surface area contributed by atoms with Gasteiger partial charge in [0.15, 0.2) is 0 Å². The fourth-order valence-electron chi connectivity index (χ4n) is 2.46. The van der Waals surface area contributed by atoms with Gasteiger partial charge in [0.05, 0.1) is 12.7 Å². The van der Waals surface area contributed by atoms with Crippen molar-refractivity contribution in [1.82, 2.24) is 0 Å². The Hall–Kier alpha value is -1.50. The van der Waals surface area contributed by atoms with Crippen LogP contribution in [0.4, 0.5) is 0 Å². The van der Waals surface area contributed by atoms with Crippen LogP contribution in [0.25, 0.3) is 0 Å². The minimum atomic E-state index is -1.52. The summed E-state index contributed by atoms with van der Waals surface area (Å²) in [6, 6.07) is 5.56. The molecule has 0 amide bonds. The number of rotatable bonds is 3. The van der Waals surface area contributed by atoms with E-state index in [4.69, 9.17) is 9.47 Å². The SMILES string of the molecule is CCCCC#CC1(O)OC(C)(C)c2cc(OC)ccc21. The van der Waals surface area contributed by atoms with Crippen LogP contribution >= 0.6 is 0 Å². The maximum Gasteiger partial charge on any atom is 0.260 e. The predicted octanol–water partition coefficient (Wildman–Crippen LogP) is 3.30. The van der Waals surface area contributed by atoms with Crippen LogP contribution in [0.1, 0.15) is 51.2 Å². The lowest BCUT2D eigenvalue weighted by Gasteiger charge is -2.22. The minimum absolute atomic E-state index is 0.585. The summed E-state index contributed by atoms with van der Waals surface area (Å²) in [5, 5.41) is 10.7. The molecule has 1 aromatic carbocycles. The predicted molar refractivity (Wildman–Crippen MR) is 78.3 cm³/mol. The Morgan fingerprint density at radius 3 is 2.70 bits per heavy atom. The number of hydrogen-bond acceptors (Lipinski definition) is 3. The van der Waals surface area contributed by atoms with E-state index >= 15 is 0 Å². The van der Waals surface area contributed by atoms with Gasteiger partial charge in [0.2, 0.25) is 0 Å². The van der Waals surface area contributed by atoms with Crippen LogP contribution in [0.5, 0.6) is 5.75 Å². The van der Waals surface area contributed by atoms with Gasteiger partial charge in [0.25, 0.3) is 5.79 Å². The number of fused-ring (bicyclic) bond motifs is 1. The standard InChI is InChI=1S/C17H22O3/c1-5-6-7-8-11-17(18)14-10-9-13(19-4)12-15(14)16(2,3)20-17/h9-10,12,18H,5-7H2,1-4H3. The monoisotopic (exact) mass is 274 g/mol. The fraction of sp³-hybridized carbons (Fsp3) is 0.529. The molecule has 1 unspecified atom stereocenters. The summed E-state index contributed by atoms with van der Waals surface area (Å²) in [5.41, 5.74) is 1.05. The first-order valence-electron chi connectivity index (χ1n) is 7.04. The molecule has 1 aliphatic heterocycles. The smallest absolute Gasteiger partial charge is 0.260 e. The van der Waals surface area contributed by atoms with Gasteiger partial charge < -0.3 is 14.6 Å². The molecule has 1 aliphatic rings. The van der Waals surface area contributed by atoms with Gasteiger partial charge in [-0.05, 0) is 50.0 Å². The lowest BCUT2D eigenvalue weighted by Crippen LogP contribution is -2.27. The number of unbranched alkanes of at least 4 members (excludes halogenated alkanes) is 2. The molecule has 1 atom stereocenters. The summed E-state index contributed by atoms with van der Waals surface area (Å²) in [4.78, 5) is 0. The van der Waals surface area contributed by atoms with Crippen LogP contribution in [-0.2, 0) is 16.1 Å². The molecule has 0 saturated heterocycles. The summed E-state index contributed by atoms with van der Waals surface area (Å²) in [6.45, 7) is 5.97. The van der Waals surface area contributed by atoms with E-state index in [1.54, 1.807) is 7.11 Å². The van der Waals surface area contributed by atoms with E-state index in [1.165, 1.54) is 0 Å². The average molecular weight is 274 g/mol. The highest BCUT2D eigenvalue weighted by Crippen LogP contribution is 2.46. The molecule has 0 bridgehead atoms. The fourth-order valence-corrected chi connectivity index (χ4v) is 2.46. The Morgan fingerprint density at radius 1 is 1.30 bits per heavy atom. The number of methoxy groups -OCH3 is 1. The maximum absolute atomic E-state index is 10.7. The van der Waals surface area contributed by atoms with Crippen molar-refractivity contribution in [2.75, 3.05) is 7.11 Å². The van der Waals surface area contributed by atoms with Gasteiger partial charge in [0, 0.05) is 12.0 Å². The van der Waals surface area contributed by atoms with Crippen molar-refractivity contribution in [3.8, 4) is 17.6 Å². The van der Waals surface area contributed by atoms with Gasteiger partial charge in [-0.1, -0.05) is 19.3 Å². The number of ether oxygens (including phenoxy) is 2. The van der Waals surface area contributed by atoms with Gasteiger partial charge in [-0.15, -0.1) is 0 Å². The molecule has 0 fully saturated rings. The third-order valence-electron chi connectivity index (χ3n) is 3.56. The molecule has 1 heterocycles. The van der Waals surface area contributed by atoms with Gasteiger partial charge in [-0.25, -0.2) is 0 Å². The van der Waals surface area contributed by atoms with Crippen molar-refractivity contribution in [1.29, 1.82) is 0 Å². The second-order valence-corrected chi connectivity index (χ2v) is 5.57. The summed E-state index contributed by atoms with van der Waals surface area (Å²) in [7, 11) is 1.63. The molecule has 3 heteroatoms. The zero-order valence-corrected chi connectivity index (χ0v) is 12.6. The van der Waals surface area contributed by atoms with Crippen molar-refractivity contribution in [3.05, 3.63) is 29.3 Å². The molecule has 0 spiro atoms. The highest BCUT2D eigenvalue weighted by Gasteiger charge is 2.47. The van der Waals surface area contributed by atoms with Gasteiger partial charge in [0.1, 0.15) is 5.75 Å². The van der Waals surface area contributed by atoms with Crippen molar-refractivity contribution in [3.63, 3.8) is 0 Å². The highest BCUT2D eigenvalue weighted by molar-refractivity contribution is 5.47. The minimum Gasteiger partial charge on any atom is -0.497 e. The molecule has 0 aliphatic carbocycles. The van der Waals surface area contributed by atoms with E-state index in [-0.39, 0.29) is 0 Å². The molecule has 0 aromatic heterocycles. The lowest BCUT2D eigenvalue weighted by molar-refractivity contribution is -0.210. The van der Waals surface area contributed by atoms with Gasteiger partial charge in [-0.3, -0.25) is 0 Å².